The molecule has 7 fully saturated rings. The van der Waals surface area contributed by atoms with E-state index in [1.807, 2.05) is 0 Å². The highest BCUT2D eigenvalue weighted by Crippen LogP contribution is 2.84. The average molecular weight is 577 g/mol. The van der Waals surface area contributed by atoms with E-state index in [2.05, 4.69) is 69.2 Å². The molecule has 42 heavy (non-hydrogen) atoms. The molecule has 20 unspecified atom stereocenters. The van der Waals surface area contributed by atoms with E-state index in [9.17, 15) is 0 Å². The minimum Gasteiger partial charge on any atom is -0.0651 e. The SMILES string of the molecule is CCC1C2C(C)CC3CCC4CC(C)C5C(CC)C(CC)C6(CC)C(CC)C(CC)C(CC)(C1CC)C1C2C3C4C5C16. The first kappa shape index (κ1) is 30.6. The van der Waals surface area contributed by atoms with Gasteiger partial charge in [0.1, 0.15) is 0 Å². The van der Waals surface area contributed by atoms with Crippen molar-refractivity contribution in [3.8, 4) is 0 Å². The molecule has 0 N–H and O–H groups in total. The van der Waals surface area contributed by atoms with Gasteiger partial charge >= 0.3 is 0 Å². The highest BCUT2D eigenvalue weighted by Gasteiger charge is 2.79. The van der Waals surface area contributed by atoms with Gasteiger partial charge in [0.15, 0.2) is 0 Å². The maximum Gasteiger partial charge on any atom is -0.0204 e. The molecular formula is C42H72. The van der Waals surface area contributed by atoms with Gasteiger partial charge in [0, 0.05) is 0 Å². The first-order chi connectivity index (χ1) is 20.3. The van der Waals surface area contributed by atoms with E-state index in [0.717, 1.165) is 107 Å². The second kappa shape index (κ2) is 10.8. The van der Waals surface area contributed by atoms with E-state index in [1.54, 1.807) is 25.7 Å². The third-order valence-electron chi connectivity index (χ3n) is 18.5. The van der Waals surface area contributed by atoms with Crippen molar-refractivity contribution >= 4 is 0 Å². The normalized spacial score (nSPS) is 60.7. The van der Waals surface area contributed by atoms with Crippen LogP contribution in [0.5, 0.6) is 0 Å². The molecule has 0 heterocycles. The van der Waals surface area contributed by atoms with Crippen LogP contribution in [0.15, 0.2) is 0 Å². The molecule has 0 bridgehead atoms. The van der Waals surface area contributed by atoms with Crippen LogP contribution in [0, 0.1) is 117 Å². The molecule has 20 atom stereocenters. The summed E-state index contributed by atoms with van der Waals surface area (Å²) in [4.78, 5) is 0. The summed E-state index contributed by atoms with van der Waals surface area (Å²) in [5, 5.41) is 0. The molecule has 0 radical (unpaired) electrons. The average Bonchev–Trinajstić information content (AvgIpc) is 3.01. The minimum atomic E-state index is 0.595. The lowest BCUT2D eigenvalue weighted by Crippen LogP contribution is -2.78. The Hall–Kier alpha value is 0. The quantitative estimate of drug-likeness (QED) is 0.269. The Kier molecular flexibility index (Phi) is 7.87. The fourth-order valence-corrected chi connectivity index (χ4v) is 18.9. The topological polar surface area (TPSA) is 0 Å². The Balaban J connectivity index is 1.58. The zero-order valence-electron chi connectivity index (χ0n) is 29.9. The molecule has 7 aliphatic carbocycles. The van der Waals surface area contributed by atoms with Crippen LogP contribution in [0.25, 0.3) is 0 Å². The lowest BCUT2D eigenvalue weighted by atomic mass is 9.21. The van der Waals surface area contributed by atoms with Gasteiger partial charge in [0.2, 0.25) is 0 Å². The van der Waals surface area contributed by atoms with E-state index in [1.165, 1.54) is 51.4 Å². The molecule has 0 aromatic rings. The predicted molar refractivity (Wildman–Crippen MR) is 180 cm³/mol. The van der Waals surface area contributed by atoms with Gasteiger partial charge in [-0.1, -0.05) is 108 Å². The zero-order valence-corrected chi connectivity index (χ0v) is 29.9. The number of hydrogen-bond donors (Lipinski definition) is 0. The van der Waals surface area contributed by atoms with Crippen LogP contribution in [0.3, 0.4) is 0 Å². The van der Waals surface area contributed by atoms with Gasteiger partial charge in [-0.25, -0.2) is 0 Å². The predicted octanol–water partition coefficient (Wildman–Crippen LogP) is 12.0. The van der Waals surface area contributed by atoms with Crippen LogP contribution >= 0.6 is 0 Å². The summed E-state index contributed by atoms with van der Waals surface area (Å²) in [6.07, 6.45) is 18.1. The highest BCUT2D eigenvalue weighted by molar-refractivity contribution is 5.27. The Bertz CT molecular complexity index is 903. The largest absolute Gasteiger partial charge is 0.0651 e. The van der Waals surface area contributed by atoms with Gasteiger partial charge in [-0.3, -0.25) is 0 Å². The second-order valence-corrected chi connectivity index (χ2v) is 18.2. The van der Waals surface area contributed by atoms with Crippen molar-refractivity contribution in [2.75, 3.05) is 0 Å². The van der Waals surface area contributed by atoms with E-state index in [4.69, 9.17) is 0 Å². The highest BCUT2D eigenvalue weighted by atomic mass is 14.8. The molecule has 7 aliphatic rings. The van der Waals surface area contributed by atoms with Crippen LogP contribution in [0.4, 0.5) is 0 Å². The third kappa shape index (κ3) is 3.34. The maximum absolute atomic E-state index is 2.78. The van der Waals surface area contributed by atoms with Gasteiger partial charge in [0.25, 0.3) is 0 Å². The molecule has 240 valence electrons. The molecule has 0 nitrogen and oxygen atoms in total. The summed E-state index contributed by atoms with van der Waals surface area (Å²) in [5.74, 6) is 18.2. The van der Waals surface area contributed by atoms with Gasteiger partial charge in [-0.2, -0.15) is 0 Å². The van der Waals surface area contributed by atoms with Crippen molar-refractivity contribution in [3.05, 3.63) is 0 Å². The molecular weight excluding hydrogens is 504 g/mol. The Morgan fingerprint density at radius 2 is 0.786 bits per heavy atom. The van der Waals surface area contributed by atoms with Gasteiger partial charge < -0.3 is 0 Å². The standard InChI is InChI=1S/C42H72/c1-11-27-29(13-3)41(17-7)31(15-5)32(16-6)42(18-8)30(14-4)28(12-2)34-24(10)22-26-20-19-25-21-23(9)33(27)37-35(25)36(26)38(34)40(42)39(37)41/h23-40H,11-22H2,1-10H3. The smallest absolute Gasteiger partial charge is 0.0204 e. The van der Waals surface area contributed by atoms with E-state index in [0.29, 0.717) is 10.8 Å². The van der Waals surface area contributed by atoms with Crippen LogP contribution in [-0.4, -0.2) is 0 Å². The van der Waals surface area contributed by atoms with Crippen LogP contribution in [0.2, 0.25) is 0 Å². The van der Waals surface area contributed by atoms with Gasteiger partial charge in [-0.05, 0) is 156 Å². The van der Waals surface area contributed by atoms with Crippen molar-refractivity contribution < 1.29 is 0 Å². The zero-order chi connectivity index (χ0) is 29.9. The van der Waals surface area contributed by atoms with E-state index in [-0.39, 0.29) is 0 Å². The van der Waals surface area contributed by atoms with Crippen molar-refractivity contribution in [1.82, 2.24) is 0 Å². The number of hydrogen-bond acceptors (Lipinski definition) is 0. The van der Waals surface area contributed by atoms with Gasteiger partial charge in [0.05, 0.1) is 0 Å². The van der Waals surface area contributed by atoms with Crippen LogP contribution in [0.1, 0.15) is 146 Å². The molecule has 0 amide bonds. The minimum absolute atomic E-state index is 0.595. The first-order valence-electron chi connectivity index (χ1n) is 20.3. The van der Waals surface area contributed by atoms with Crippen LogP contribution < -0.4 is 0 Å². The summed E-state index contributed by atoms with van der Waals surface area (Å²) in [6.45, 7) is 27.0. The van der Waals surface area contributed by atoms with Crippen LogP contribution in [-0.2, 0) is 0 Å². The Morgan fingerprint density at radius 1 is 0.429 bits per heavy atom. The number of rotatable bonds is 8. The molecule has 7 rings (SSSR count). The molecule has 0 spiro atoms. The lowest BCUT2D eigenvalue weighted by molar-refractivity contribution is -0.358. The van der Waals surface area contributed by atoms with E-state index >= 15 is 0 Å². The monoisotopic (exact) mass is 577 g/mol. The first-order valence-corrected chi connectivity index (χ1v) is 20.3. The molecule has 0 aliphatic heterocycles. The molecule has 7 saturated carbocycles. The lowest BCUT2D eigenvalue weighted by Gasteiger charge is -2.83. The summed E-state index contributed by atoms with van der Waals surface area (Å²) < 4.78 is 0. The van der Waals surface area contributed by atoms with Crippen molar-refractivity contribution in [2.24, 2.45) is 117 Å². The molecule has 0 aromatic carbocycles. The Morgan fingerprint density at radius 3 is 1.07 bits per heavy atom. The maximum atomic E-state index is 2.78. The Labute approximate surface area is 263 Å². The van der Waals surface area contributed by atoms with Crippen molar-refractivity contribution in [2.45, 2.75) is 146 Å². The fraction of sp³-hybridized carbons (Fsp3) is 1.00. The molecule has 0 saturated heterocycles. The summed E-state index contributed by atoms with van der Waals surface area (Å²) in [7, 11) is 0. The summed E-state index contributed by atoms with van der Waals surface area (Å²) in [6, 6.07) is 0. The molecule has 0 aromatic heterocycles. The fourth-order valence-electron chi connectivity index (χ4n) is 18.9. The van der Waals surface area contributed by atoms with Gasteiger partial charge in [-0.15, -0.1) is 0 Å². The summed E-state index contributed by atoms with van der Waals surface area (Å²) in [5.41, 5.74) is 1.19. The van der Waals surface area contributed by atoms with E-state index < -0.39 is 0 Å². The molecule has 0 heteroatoms. The summed E-state index contributed by atoms with van der Waals surface area (Å²) >= 11 is 0. The second-order valence-electron chi connectivity index (χ2n) is 18.2. The van der Waals surface area contributed by atoms with Crippen molar-refractivity contribution in [1.29, 1.82) is 0 Å². The van der Waals surface area contributed by atoms with Crippen molar-refractivity contribution in [3.63, 3.8) is 0 Å². The third-order valence-corrected chi connectivity index (χ3v) is 18.5.